The summed E-state index contributed by atoms with van der Waals surface area (Å²) in [5, 5.41) is 0. The summed E-state index contributed by atoms with van der Waals surface area (Å²) in [4.78, 5) is 37.8. The van der Waals surface area contributed by atoms with Gasteiger partial charge in [-0.05, 0) is 54.2 Å². The lowest BCUT2D eigenvalue weighted by molar-refractivity contribution is -0.139. The summed E-state index contributed by atoms with van der Waals surface area (Å²) in [6, 6.07) is 13.3. The second kappa shape index (κ2) is 10.1. The lowest BCUT2D eigenvalue weighted by atomic mass is 9.97. The predicted molar refractivity (Wildman–Crippen MR) is 111 cm³/mol. The van der Waals surface area contributed by atoms with Crippen LogP contribution in [0, 0.1) is 11.7 Å². The molecule has 1 heterocycles. The number of halogens is 1. The summed E-state index contributed by atoms with van der Waals surface area (Å²) < 4.78 is 17.6. The van der Waals surface area contributed by atoms with Gasteiger partial charge in [0.2, 0.25) is 5.91 Å². The van der Waals surface area contributed by atoms with Crippen molar-refractivity contribution in [1.82, 2.24) is 4.90 Å². The zero-order valence-electron chi connectivity index (χ0n) is 17.1. The molecule has 0 aromatic heterocycles. The summed E-state index contributed by atoms with van der Waals surface area (Å²) in [6.45, 7) is 1.39. The van der Waals surface area contributed by atoms with Gasteiger partial charge in [-0.25, -0.2) is 4.39 Å². The van der Waals surface area contributed by atoms with Gasteiger partial charge in [0.15, 0.2) is 5.78 Å². The van der Waals surface area contributed by atoms with Crippen molar-refractivity contribution < 1.29 is 23.5 Å². The van der Waals surface area contributed by atoms with Crippen LogP contribution in [0.5, 0.6) is 0 Å². The molecule has 30 heavy (non-hydrogen) atoms. The smallest absolute Gasteiger partial charge is 0.309 e. The Morgan fingerprint density at radius 2 is 1.67 bits per heavy atom. The summed E-state index contributed by atoms with van der Waals surface area (Å²) in [5.41, 5.74) is 2.52. The average molecular weight is 411 g/mol. The summed E-state index contributed by atoms with van der Waals surface area (Å²) in [7, 11) is 1.38. The molecule has 1 atom stereocenters. The van der Waals surface area contributed by atoms with E-state index < -0.39 is 0 Å². The molecule has 1 amide bonds. The first kappa shape index (κ1) is 21.7. The fraction of sp³-hybridized carbons (Fsp3) is 0.375. The zero-order chi connectivity index (χ0) is 21.5. The first-order chi connectivity index (χ1) is 14.4. The third-order valence-electron chi connectivity index (χ3n) is 5.49. The molecule has 158 valence electrons. The van der Waals surface area contributed by atoms with Crippen molar-refractivity contribution in [1.29, 1.82) is 0 Å². The third kappa shape index (κ3) is 5.99. The minimum absolute atomic E-state index is 0.0126. The lowest BCUT2D eigenvalue weighted by Crippen LogP contribution is -2.29. The Morgan fingerprint density at radius 1 is 1.00 bits per heavy atom. The van der Waals surface area contributed by atoms with Crippen molar-refractivity contribution >= 4 is 17.7 Å². The van der Waals surface area contributed by atoms with Crippen molar-refractivity contribution in [3.8, 4) is 0 Å². The van der Waals surface area contributed by atoms with E-state index in [4.69, 9.17) is 0 Å². The average Bonchev–Trinajstić information content (AvgIpc) is 3.22. The molecule has 2 aromatic carbocycles. The summed E-state index contributed by atoms with van der Waals surface area (Å²) in [6.07, 6.45) is 2.37. The number of rotatable bonds is 8. The standard InChI is InChI=1S/C24H26FNO4/c1-30-24(29)15-18-4-2-17(3-5-18)14-19-12-13-26(16-19)23(28)11-10-22(27)20-6-8-21(25)9-7-20/h2-9,19H,10-16H2,1H3. The molecule has 0 N–H and O–H groups in total. The highest BCUT2D eigenvalue weighted by atomic mass is 19.1. The molecule has 0 spiro atoms. The number of amides is 1. The molecule has 0 radical (unpaired) electrons. The molecule has 6 heteroatoms. The number of ether oxygens (including phenoxy) is 1. The number of likely N-dealkylation sites (tertiary alicyclic amines) is 1. The first-order valence-corrected chi connectivity index (χ1v) is 10.2. The van der Waals surface area contributed by atoms with Crippen LogP contribution in [-0.2, 0) is 27.2 Å². The Kier molecular flexibility index (Phi) is 7.33. The SMILES string of the molecule is COC(=O)Cc1ccc(CC2CCN(C(=O)CCC(=O)c3ccc(F)cc3)C2)cc1. The number of nitrogens with zero attached hydrogens (tertiary/aromatic N) is 1. The maximum absolute atomic E-state index is 13.0. The molecule has 2 aromatic rings. The Morgan fingerprint density at radius 3 is 2.33 bits per heavy atom. The van der Waals surface area contributed by atoms with Gasteiger partial charge < -0.3 is 9.64 Å². The van der Waals surface area contributed by atoms with E-state index in [1.54, 1.807) is 0 Å². The maximum Gasteiger partial charge on any atom is 0.309 e. The van der Waals surface area contributed by atoms with Gasteiger partial charge in [-0.15, -0.1) is 0 Å². The second-order valence-electron chi connectivity index (χ2n) is 7.70. The summed E-state index contributed by atoms with van der Waals surface area (Å²) >= 11 is 0. The normalized spacial score (nSPS) is 15.8. The maximum atomic E-state index is 13.0. The molecule has 0 bridgehead atoms. The van der Waals surface area contributed by atoms with Crippen LogP contribution in [0.3, 0.4) is 0 Å². The van der Waals surface area contributed by atoms with Gasteiger partial charge in [0.05, 0.1) is 13.5 Å². The number of carbonyl (C=O) groups is 3. The number of benzene rings is 2. The van der Waals surface area contributed by atoms with Crippen molar-refractivity contribution in [2.24, 2.45) is 5.92 Å². The zero-order valence-corrected chi connectivity index (χ0v) is 17.1. The number of methoxy groups -OCH3 is 1. The fourth-order valence-electron chi connectivity index (χ4n) is 3.75. The first-order valence-electron chi connectivity index (χ1n) is 10.2. The van der Waals surface area contributed by atoms with Crippen LogP contribution < -0.4 is 0 Å². The van der Waals surface area contributed by atoms with Crippen molar-refractivity contribution in [2.45, 2.75) is 32.1 Å². The van der Waals surface area contributed by atoms with Gasteiger partial charge in [0, 0.05) is 31.5 Å². The Bertz CT molecular complexity index is 892. The van der Waals surface area contributed by atoms with E-state index >= 15 is 0 Å². The molecule has 1 unspecified atom stereocenters. The molecule has 0 aliphatic carbocycles. The molecule has 1 saturated heterocycles. The molecular weight excluding hydrogens is 385 g/mol. The number of esters is 1. The Balaban J connectivity index is 1.44. The van der Waals surface area contributed by atoms with E-state index in [1.807, 2.05) is 29.2 Å². The van der Waals surface area contributed by atoms with E-state index in [9.17, 15) is 18.8 Å². The van der Waals surface area contributed by atoms with Crippen LogP contribution >= 0.6 is 0 Å². The van der Waals surface area contributed by atoms with E-state index in [-0.39, 0.29) is 42.7 Å². The minimum Gasteiger partial charge on any atom is -0.469 e. The van der Waals surface area contributed by atoms with E-state index in [0.717, 1.165) is 18.4 Å². The number of hydrogen-bond acceptors (Lipinski definition) is 4. The van der Waals surface area contributed by atoms with Gasteiger partial charge in [-0.3, -0.25) is 14.4 Å². The van der Waals surface area contributed by atoms with Crippen LogP contribution in [0.25, 0.3) is 0 Å². The second-order valence-corrected chi connectivity index (χ2v) is 7.70. The predicted octanol–water partition coefficient (Wildman–Crippen LogP) is 3.60. The van der Waals surface area contributed by atoms with Gasteiger partial charge in [0.25, 0.3) is 0 Å². The van der Waals surface area contributed by atoms with Crippen LogP contribution in [0.15, 0.2) is 48.5 Å². The third-order valence-corrected chi connectivity index (χ3v) is 5.49. The van der Waals surface area contributed by atoms with E-state index in [1.165, 1.54) is 36.9 Å². The number of carbonyl (C=O) groups excluding carboxylic acids is 3. The molecule has 5 nitrogen and oxygen atoms in total. The number of Topliss-reactive ketones (excluding diaryl/α,β-unsaturated/α-hetero) is 1. The van der Waals surface area contributed by atoms with Crippen molar-refractivity contribution in [2.75, 3.05) is 20.2 Å². The highest BCUT2D eigenvalue weighted by Crippen LogP contribution is 2.22. The molecule has 1 fully saturated rings. The monoisotopic (exact) mass is 411 g/mol. The highest BCUT2D eigenvalue weighted by Gasteiger charge is 2.26. The Labute approximate surface area is 175 Å². The molecule has 3 rings (SSSR count). The van der Waals surface area contributed by atoms with Crippen LogP contribution in [0.2, 0.25) is 0 Å². The molecular formula is C24H26FNO4. The quantitative estimate of drug-likeness (QED) is 0.492. The fourth-order valence-corrected chi connectivity index (χ4v) is 3.75. The van der Waals surface area contributed by atoms with Crippen LogP contribution in [-0.4, -0.2) is 42.8 Å². The number of hydrogen-bond donors (Lipinski definition) is 0. The molecule has 0 saturated carbocycles. The van der Waals surface area contributed by atoms with Gasteiger partial charge in [0.1, 0.15) is 5.82 Å². The van der Waals surface area contributed by atoms with Gasteiger partial charge >= 0.3 is 5.97 Å². The molecule has 1 aliphatic heterocycles. The van der Waals surface area contributed by atoms with E-state index in [2.05, 4.69) is 4.74 Å². The largest absolute Gasteiger partial charge is 0.469 e. The summed E-state index contributed by atoms with van der Waals surface area (Å²) in [5.74, 6) is -0.421. The topological polar surface area (TPSA) is 63.7 Å². The van der Waals surface area contributed by atoms with Crippen LogP contribution in [0.4, 0.5) is 4.39 Å². The Hall–Kier alpha value is -3.02. The number of ketones is 1. The minimum atomic E-state index is -0.385. The van der Waals surface area contributed by atoms with E-state index in [0.29, 0.717) is 24.6 Å². The van der Waals surface area contributed by atoms with Crippen molar-refractivity contribution in [3.63, 3.8) is 0 Å². The van der Waals surface area contributed by atoms with Gasteiger partial charge in [-0.2, -0.15) is 0 Å². The highest BCUT2D eigenvalue weighted by molar-refractivity contribution is 5.97. The van der Waals surface area contributed by atoms with Crippen molar-refractivity contribution in [3.05, 3.63) is 71.0 Å². The molecule has 1 aliphatic rings. The van der Waals surface area contributed by atoms with Gasteiger partial charge in [-0.1, -0.05) is 24.3 Å². The lowest BCUT2D eigenvalue weighted by Gasteiger charge is -2.16. The van der Waals surface area contributed by atoms with Crippen LogP contribution in [0.1, 0.15) is 40.7 Å².